The van der Waals surface area contributed by atoms with Crippen molar-refractivity contribution in [3.63, 3.8) is 0 Å². The molecule has 22 heavy (non-hydrogen) atoms. The van der Waals surface area contributed by atoms with Crippen LogP contribution < -0.4 is 0 Å². The van der Waals surface area contributed by atoms with Gasteiger partial charge in [0.2, 0.25) is 0 Å². The van der Waals surface area contributed by atoms with Crippen molar-refractivity contribution in [3.8, 4) is 0 Å². The molecule has 2 nitrogen and oxygen atoms in total. The Hall–Kier alpha value is 0.920. The molecule has 0 atom stereocenters. The van der Waals surface area contributed by atoms with E-state index < -0.39 is 0 Å². The third-order valence-corrected chi connectivity index (χ3v) is 7.78. The van der Waals surface area contributed by atoms with Gasteiger partial charge in [-0.15, -0.1) is 22.7 Å². The summed E-state index contributed by atoms with van der Waals surface area (Å²) in [6, 6.07) is 16.5. The van der Waals surface area contributed by atoms with Crippen molar-refractivity contribution in [2.75, 3.05) is 0 Å². The zero-order valence-electron chi connectivity index (χ0n) is 10.1. The summed E-state index contributed by atoms with van der Waals surface area (Å²) in [5.41, 5.74) is 2.15. The number of nitrogens with zero attached hydrogens (tertiary/aromatic N) is 2. The van der Waals surface area contributed by atoms with Crippen molar-refractivity contribution in [3.05, 3.63) is 48.5 Å². The molecule has 2 aromatic carbocycles. The molecule has 0 saturated heterocycles. The van der Waals surface area contributed by atoms with Crippen LogP contribution >= 0.6 is 44.3 Å². The first-order valence-electron chi connectivity index (χ1n) is 5.94. The first-order valence-corrected chi connectivity index (χ1v) is 9.72. The summed E-state index contributed by atoms with van der Waals surface area (Å²) in [5, 5.41) is 0. The summed E-state index contributed by atoms with van der Waals surface area (Å²) in [4.78, 5) is 9.24. The molecule has 0 bridgehead atoms. The van der Waals surface area contributed by atoms with E-state index in [0.717, 1.165) is 19.7 Å². The van der Waals surface area contributed by atoms with E-state index in [1.807, 2.05) is 12.1 Å². The summed E-state index contributed by atoms with van der Waals surface area (Å²) >= 11 is 3.46. The average molecular weight is 380 g/mol. The Morgan fingerprint density at radius 3 is 1.45 bits per heavy atom. The van der Waals surface area contributed by atoms with Gasteiger partial charge in [0, 0.05) is 0 Å². The Kier molecular flexibility index (Phi) is 7.74. The fourth-order valence-corrected chi connectivity index (χ4v) is 6.34. The van der Waals surface area contributed by atoms with Crippen LogP contribution in [0.15, 0.2) is 57.2 Å². The Morgan fingerprint density at radius 2 is 1.05 bits per heavy atom. The molecule has 0 amide bonds. The molecule has 0 aliphatic rings. The van der Waals surface area contributed by atoms with Gasteiger partial charge in [-0.25, -0.2) is 9.97 Å². The van der Waals surface area contributed by atoms with Gasteiger partial charge >= 0.3 is 59.1 Å². The van der Waals surface area contributed by atoms with Gasteiger partial charge in [-0.3, -0.25) is 0 Å². The van der Waals surface area contributed by atoms with E-state index in [-0.39, 0.29) is 59.1 Å². The number of fused-ring (bicyclic) bond motifs is 2. The average Bonchev–Trinajstić information content (AvgIpc) is 3.07. The third-order valence-electron chi connectivity index (χ3n) is 2.73. The Labute approximate surface area is 188 Å². The third kappa shape index (κ3) is 4.30. The Bertz CT molecular complexity index is 750. The molecular formula is C14H10N2Na2S4. The van der Waals surface area contributed by atoms with Gasteiger partial charge in [-0.1, -0.05) is 24.3 Å². The quantitative estimate of drug-likeness (QED) is 0.388. The number of rotatable bonds is 3. The van der Waals surface area contributed by atoms with Gasteiger partial charge < -0.3 is 0 Å². The summed E-state index contributed by atoms with van der Waals surface area (Å²) in [5.74, 6) is 0. The second-order valence-electron chi connectivity index (χ2n) is 4.06. The van der Waals surface area contributed by atoms with Gasteiger partial charge in [0.25, 0.3) is 0 Å². The molecule has 0 aliphatic carbocycles. The molecule has 0 saturated carbocycles. The number of benzene rings is 2. The van der Waals surface area contributed by atoms with E-state index in [1.54, 1.807) is 44.3 Å². The van der Waals surface area contributed by atoms with Crippen LogP contribution in [0.4, 0.5) is 0 Å². The standard InChI is InChI=1S/C14H8N2S4.2Na.2H/c1-3-7-11-9(5-1)15-13(17-11)19-20-14-16-10-6-2-4-8-12(10)18-14;;;;/h1-8H;;;;. The fourth-order valence-electron chi connectivity index (χ4n) is 1.84. The first-order chi connectivity index (χ1) is 9.88. The molecule has 0 spiro atoms. The number of thiazole rings is 2. The molecular weight excluding hydrogens is 370 g/mol. The maximum Gasteiger partial charge on any atom is 0.162 e. The summed E-state index contributed by atoms with van der Waals surface area (Å²) in [7, 11) is 3.37. The van der Waals surface area contributed by atoms with Crippen LogP contribution in [0.25, 0.3) is 20.4 Å². The van der Waals surface area contributed by atoms with Crippen LogP contribution in [0, 0.1) is 0 Å². The monoisotopic (exact) mass is 380 g/mol. The molecule has 8 heteroatoms. The molecule has 4 aromatic rings. The zero-order chi connectivity index (χ0) is 13.4. The van der Waals surface area contributed by atoms with Crippen molar-refractivity contribution < 1.29 is 0 Å². The number of hydrogen-bond acceptors (Lipinski definition) is 6. The van der Waals surface area contributed by atoms with Crippen LogP contribution in [0.3, 0.4) is 0 Å². The predicted octanol–water partition coefficient (Wildman–Crippen LogP) is 4.41. The molecule has 0 unspecified atom stereocenters. The topological polar surface area (TPSA) is 25.8 Å². The zero-order valence-corrected chi connectivity index (χ0v) is 13.4. The Morgan fingerprint density at radius 1 is 0.636 bits per heavy atom. The summed E-state index contributed by atoms with van der Waals surface area (Å²) < 4.78 is 4.63. The van der Waals surface area contributed by atoms with Crippen molar-refractivity contribution in [2.24, 2.45) is 0 Å². The Balaban J connectivity index is 0.000000882. The maximum absolute atomic E-state index is 4.62. The van der Waals surface area contributed by atoms with E-state index in [9.17, 15) is 0 Å². The summed E-state index contributed by atoms with van der Waals surface area (Å²) in [6.45, 7) is 0. The van der Waals surface area contributed by atoms with Crippen molar-refractivity contribution in [1.29, 1.82) is 0 Å². The number of hydrogen-bond donors (Lipinski definition) is 0. The molecule has 0 aliphatic heterocycles. The first kappa shape index (κ1) is 19.2. The minimum atomic E-state index is 0. The van der Waals surface area contributed by atoms with E-state index in [4.69, 9.17) is 0 Å². The SMILES string of the molecule is [NaH].[NaH].c1ccc2sc(SSc3nc4ccccc4s3)nc2c1. The second-order valence-corrected chi connectivity index (χ2v) is 8.75. The van der Waals surface area contributed by atoms with Crippen LogP contribution in [-0.4, -0.2) is 69.1 Å². The smallest absolute Gasteiger partial charge is 0.162 e. The number of para-hydroxylation sites is 2. The van der Waals surface area contributed by atoms with Gasteiger partial charge in [0.1, 0.15) is 0 Å². The van der Waals surface area contributed by atoms with Crippen LogP contribution in [0.1, 0.15) is 0 Å². The van der Waals surface area contributed by atoms with Gasteiger partial charge in [-0.2, -0.15) is 0 Å². The fraction of sp³-hybridized carbons (Fsp3) is 0. The molecule has 102 valence electrons. The minimum absolute atomic E-state index is 0. The number of aromatic nitrogens is 2. The molecule has 2 aromatic heterocycles. The normalized spacial score (nSPS) is 10.4. The molecule has 0 N–H and O–H groups in total. The van der Waals surface area contributed by atoms with Crippen molar-refractivity contribution in [1.82, 2.24) is 9.97 Å². The van der Waals surface area contributed by atoms with E-state index in [1.165, 1.54) is 9.40 Å². The van der Waals surface area contributed by atoms with E-state index in [2.05, 4.69) is 46.4 Å². The maximum atomic E-state index is 4.62. The molecule has 0 fully saturated rings. The largest absolute Gasteiger partial charge is 0.229 e. The van der Waals surface area contributed by atoms with Crippen molar-refractivity contribution in [2.45, 2.75) is 8.68 Å². The van der Waals surface area contributed by atoms with E-state index >= 15 is 0 Å². The molecule has 0 radical (unpaired) electrons. The van der Waals surface area contributed by atoms with Gasteiger partial charge in [-0.05, 0) is 45.9 Å². The van der Waals surface area contributed by atoms with Gasteiger partial charge in [0.15, 0.2) is 8.68 Å². The summed E-state index contributed by atoms with van der Waals surface area (Å²) in [6.07, 6.45) is 0. The van der Waals surface area contributed by atoms with Crippen LogP contribution in [-0.2, 0) is 0 Å². The second kappa shape index (κ2) is 8.85. The van der Waals surface area contributed by atoms with E-state index in [0.29, 0.717) is 0 Å². The predicted molar refractivity (Wildman–Crippen MR) is 105 cm³/mol. The minimum Gasteiger partial charge on any atom is -0.229 e. The van der Waals surface area contributed by atoms with Crippen LogP contribution in [0.2, 0.25) is 0 Å². The molecule has 4 rings (SSSR count). The molecule has 2 heterocycles. The van der Waals surface area contributed by atoms with Crippen LogP contribution in [0.5, 0.6) is 0 Å². The van der Waals surface area contributed by atoms with Crippen molar-refractivity contribution >= 4 is 124 Å². The van der Waals surface area contributed by atoms with Gasteiger partial charge in [0.05, 0.1) is 20.4 Å².